The summed E-state index contributed by atoms with van der Waals surface area (Å²) in [7, 11) is -3.23. The number of guanidine groups is 1. The molecule has 1 rings (SSSR count). The van der Waals surface area contributed by atoms with Gasteiger partial charge < -0.3 is 10.6 Å². The molecule has 1 unspecified atom stereocenters. The molecule has 0 fully saturated rings. The molecule has 0 saturated heterocycles. The third-order valence-corrected chi connectivity index (χ3v) is 6.44. The Bertz CT molecular complexity index is 566. The zero-order valence-electron chi connectivity index (χ0n) is 14.4. The second kappa shape index (κ2) is 9.89. The first-order valence-electron chi connectivity index (χ1n) is 8.00. The van der Waals surface area contributed by atoms with Gasteiger partial charge in [0.25, 0.3) is 0 Å². The fraction of sp³-hybridized carbons (Fsp3) is 0.667. The molecule has 0 spiro atoms. The van der Waals surface area contributed by atoms with Crippen LogP contribution in [-0.4, -0.2) is 50.6 Å². The monoisotopic (exact) mass is 360 g/mol. The van der Waals surface area contributed by atoms with E-state index in [0.29, 0.717) is 19.0 Å². The molecule has 0 aliphatic rings. The molecule has 2 N–H and O–H groups in total. The van der Waals surface area contributed by atoms with Crippen molar-refractivity contribution in [3.8, 4) is 0 Å². The molecule has 1 aromatic heterocycles. The molecule has 6 nitrogen and oxygen atoms in total. The summed E-state index contributed by atoms with van der Waals surface area (Å²) >= 11 is 1.68. The van der Waals surface area contributed by atoms with Crippen LogP contribution in [0, 0.1) is 0 Å². The third kappa shape index (κ3) is 6.48. The minimum atomic E-state index is -3.23. The maximum absolute atomic E-state index is 12.2. The minimum absolute atomic E-state index is 0.0264. The molecule has 0 saturated carbocycles. The second-order valence-corrected chi connectivity index (χ2v) is 8.11. The van der Waals surface area contributed by atoms with E-state index in [9.17, 15) is 8.42 Å². The molecule has 1 atom stereocenters. The van der Waals surface area contributed by atoms with E-state index in [1.807, 2.05) is 32.2 Å². The number of rotatable bonds is 9. The van der Waals surface area contributed by atoms with E-state index in [-0.39, 0.29) is 18.3 Å². The number of hydrogen-bond acceptors (Lipinski definition) is 4. The zero-order valence-corrected chi connectivity index (χ0v) is 16.0. The number of nitrogens with one attached hydrogen (secondary N) is 2. The van der Waals surface area contributed by atoms with Crippen molar-refractivity contribution in [1.29, 1.82) is 0 Å². The van der Waals surface area contributed by atoms with Crippen LogP contribution >= 0.6 is 11.3 Å². The molecular weight excluding hydrogens is 332 g/mol. The van der Waals surface area contributed by atoms with E-state index in [1.54, 1.807) is 11.3 Å². The largest absolute Gasteiger partial charge is 0.357 e. The predicted octanol–water partition coefficient (Wildman–Crippen LogP) is 2.04. The van der Waals surface area contributed by atoms with Gasteiger partial charge in [-0.25, -0.2) is 12.7 Å². The smallest absolute Gasteiger partial charge is 0.215 e. The summed E-state index contributed by atoms with van der Waals surface area (Å²) in [5.74, 6) is 0.668. The van der Waals surface area contributed by atoms with Crippen molar-refractivity contribution >= 4 is 27.3 Å². The number of hydrogen-bond donors (Lipinski definition) is 2. The van der Waals surface area contributed by atoms with Gasteiger partial charge in [-0.2, -0.15) is 0 Å². The van der Waals surface area contributed by atoms with Crippen LogP contribution in [0.15, 0.2) is 22.5 Å². The molecule has 132 valence electrons. The summed E-state index contributed by atoms with van der Waals surface area (Å²) in [5.41, 5.74) is 0. The van der Waals surface area contributed by atoms with E-state index >= 15 is 0 Å². The number of aliphatic imine (C=N–C) groups is 1. The number of thiophene rings is 1. The Morgan fingerprint density at radius 1 is 1.35 bits per heavy atom. The fourth-order valence-electron chi connectivity index (χ4n) is 2.15. The highest BCUT2D eigenvalue weighted by atomic mass is 32.2. The van der Waals surface area contributed by atoms with Crippen LogP contribution in [-0.2, 0) is 10.0 Å². The predicted molar refractivity (Wildman–Crippen MR) is 98.6 cm³/mol. The van der Waals surface area contributed by atoms with Gasteiger partial charge in [0.2, 0.25) is 10.0 Å². The van der Waals surface area contributed by atoms with Crippen LogP contribution in [0.5, 0.6) is 0 Å². The van der Waals surface area contributed by atoms with Crippen molar-refractivity contribution < 1.29 is 8.42 Å². The maximum atomic E-state index is 12.2. The van der Waals surface area contributed by atoms with E-state index < -0.39 is 10.0 Å². The van der Waals surface area contributed by atoms with Crippen molar-refractivity contribution in [2.24, 2.45) is 4.99 Å². The Balaban J connectivity index is 2.65. The summed E-state index contributed by atoms with van der Waals surface area (Å²) < 4.78 is 25.8. The lowest BCUT2D eigenvalue weighted by molar-refractivity contribution is 0.445. The summed E-state index contributed by atoms with van der Waals surface area (Å²) in [6.07, 6.45) is 0. The fourth-order valence-corrected chi connectivity index (χ4v) is 4.25. The van der Waals surface area contributed by atoms with E-state index in [1.165, 1.54) is 9.18 Å². The maximum Gasteiger partial charge on any atom is 0.215 e. The van der Waals surface area contributed by atoms with Gasteiger partial charge in [-0.15, -0.1) is 11.3 Å². The van der Waals surface area contributed by atoms with Crippen LogP contribution in [0.4, 0.5) is 0 Å². The topological polar surface area (TPSA) is 73.8 Å². The van der Waals surface area contributed by atoms with Crippen molar-refractivity contribution in [1.82, 2.24) is 14.9 Å². The van der Waals surface area contributed by atoms with Crippen LogP contribution in [0.25, 0.3) is 0 Å². The first-order valence-corrected chi connectivity index (χ1v) is 10.5. The molecule has 0 aliphatic carbocycles. The van der Waals surface area contributed by atoms with Gasteiger partial charge in [-0.3, -0.25) is 4.99 Å². The first kappa shape index (κ1) is 19.9. The highest BCUT2D eigenvalue weighted by molar-refractivity contribution is 7.89. The Morgan fingerprint density at radius 3 is 2.57 bits per heavy atom. The highest BCUT2D eigenvalue weighted by Gasteiger charge is 2.18. The molecule has 0 radical (unpaired) electrons. The molecule has 0 aliphatic heterocycles. The normalized spacial score (nSPS) is 14.0. The van der Waals surface area contributed by atoms with Crippen molar-refractivity contribution in [2.75, 3.05) is 31.9 Å². The molecule has 0 bridgehead atoms. The summed E-state index contributed by atoms with van der Waals surface area (Å²) in [6.45, 7) is 9.70. The van der Waals surface area contributed by atoms with Crippen LogP contribution in [0.2, 0.25) is 0 Å². The van der Waals surface area contributed by atoms with Crippen molar-refractivity contribution in [3.05, 3.63) is 22.4 Å². The van der Waals surface area contributed by atoms with Crippen LogP contribution < -0.4 is 10.6 Å². The summed E-state index contributed by atoms with van der Waals surface area (Å²) in [4.78, 5) is 5.61. The lowest BCUT2D eigenvalue weighted by atomic mass is 10.3. The summed E-state index contributed by atoms with van der Waals surface area (Å²) in [6, 6.07) is 4.21. The molecule has 1 heterocycles. The van der Waals surface area contributed by atoms with E-state index in [0.717, 1.165) is 6.54 Å². The third-order valence-electron chi connectivity index (χ3n) is 3.39. The number of nitrogens with zero attached hydrogens (tertiary/aromatic N) is 2. The SMILES string of the molecule is CCNC(=NCCS(=O)(=O)N(CC)CC)NC(C)c1cccs1. The zero-order chi connectivity index (χ0) is 17.3. The van der Waals surface area contributed by atoms with E-state index in [2.05, 4.69) is 28.6 Å². The Kier molecular flexibility index (Phi) is 8.57. The van der Waals surface area contributed by atoms with Crippen LogP contribution in [0.1, 0.15) is 38.6 Å². The van der Waals surface area contributed by atoms with Crippen molar-refractivity contribution in [3.63, 3.8) is 0 Å². The second-order valence-electron chi connectivity index (χ2n) is 5.04. The minimum Gasteiger partial charge on any atom is -0.357 e. The van der Waals surface area contributed by atoms with Crippen molar-refractivity contribution in [2.45, 2.75) is 33.7 Å². The van der Waals surface area contributed by atoms with Gasteiger partial charge in [-0.1, -0.05) is 19.9 Å². The summed E-state index contributed by atoms with van der Waals surface area (Å²) in [5, 5.41) is 8.49. The molecule has 0 aromatic carbocycles. The van der Waals surface area contributed by atoms with E-state index in [4.69, 9.17) is 0 Å². The molecule has 23 heavy (non-hydrogen) atoms. The molecular formula is C15H28N4O2S2. The first-order chi connectivity index (χ1) is 10.9. The van der Waals surface area contributed by atoms with Gasteiger partial charge in [0, 0.05) is 24.5 Å². The molecule has 0 amide bonds. The highest BCUT2D eigenvalue weighted by Crippen LogP contribution is 2.17. The molecule has 8 heteroatoms. The Hall–Kier alpha value is -1.12. The van der Waals surface area contributed by atoms with Gasteiger partial charge in [0.1, 0.15) is 0 Å². The van der Waals surface area contributed by atoms with Gasteiger partial charge >= 0.3 is 0 Å². The average molecular weight is 361 g/mol. The Morgan fingerprint density at radius 2 is 2.04 bits per heavy atom. The lowest BCUT2D eigenvalue weighted by Gasteiger charge is -2.19. The quantitative estimate of drug-likeness (QED) is 0.522. The van der Waals surface area contributed by atoms with Crippen LogP contribution in [0.3, 0.4) is 0 Å². The van der Waals surface area contributed by atoms with Gasteiger partial charge in [0.05, 0.1) is 18.3 Å². The average Bonchev–Trinajstić information content (AvgIpc) is 3.02. The molecule has 1 aromatic rings. The lowest BCUT2D eigenvalue weighted by Crippen LogP contribution is -2.39. The standard InChI is InChI=1S/C15H28N4O2S2/c1-5-16-15(18-13(4)14-9-8-11-22-14)17-10-12-23(20,21)19(6-2)7-3/h8-9,11,13H,5-7,10,12H2,1-4H3,(H2,16,17,18). The number of sulfonamides is 1. The van der Waals surface area contributed by atoms with Gasteiger partial charge in [0.15, 0.2) is 5.96 Å². The Labute approximate surface area is 144 Å². The van der Waals surface area contributed by atoms with Gasteiger partial charge in [-0.05, 0) is 25.3 Å².